The number of furan rings is 2. The van der Waals surface area contributed by atoms with E-state index in [1.165, 1.54) is 38.6 Å². The highest BCUT2D eigenvalue weighted by molar-refractivity contribution is 6.13. The van der Waals surface area contributed by atoms with E-state index in [0.717, 1.165) is 88.8 Å². The van der Waals surface area contributed by atoms with Gasteiger partial charge in [0.15, 0.2) is 0 Å². The highest BCUT2D eigenvalue weighted by Crippen LogP contribution is 2.49. The minimum absolute atomic E-state index is 0.0242. The Kier molecular flexibility index (Phi) is 9.97. The molecule has 2 aromatic heterocycles. The maximum atomic E-state index is 6.50. The second-order valence-corrected chi connectivity index (χ2v) is 20.5. The van der Waals surface area contributed by atoms with E-state index >= 15 is 0 Å². The van der Waals surface area contributed by atoms with Crippen molar-refractivity contribution in [1.29, 1.82) is 0 Å². The van der Waals surface area contributed by atoms with Crippen molar-refractivity contribution in [3.8, 4) is 44.5 Å². The summed E-state index contributed by atoms with van der Waals surface area (Å²) < 4.78 is 12.9. The zero-order valence-electron chi connectivity index (χ0n) is 40.0. The molecule has 0 aliphatic heterocycles. The Balaban J connectivity index is 1.11. The summed E-state index contributed by atoms with van der Waals surface area (Å²) >= 11 is 0. The number of para-hydroxylation sites is 4. The standard InChI is InChI=1S/C66H53NO2/c1-65(2,3)46-37-45(38-47(41-46)66(4,5)6)51-27-16-19-42-20-17-29-55(63(42)51)52-24-8-12-31-58(52)67(48-22-15-21-43(39-48)50-28-18-34-61-64(50)56-26-10-14-33-60(56)68-61)57-30-11-7-23-49(57)44-35-36-54-53-25-9-13-32-59(53)69-62(54)40-44/h7-41H,1-6H3. The number of rotatable bonds is 7. The Morgan fingerprint density at radius 2 is 0.826 bits per heavy atom. The van der Waals surface area contributed by atoms with E-state index < -0.39 is 0 Å². The summed E-state index contributed by atoms with van der Waals surface area (Å²) in [5.74, 6) is 0. The lowest BCUT2D eigenvalue weighted by Crippen LogP contribution is -2.16. The first kappa shape index (κ1) is 42.2. The van der Waals surface area contributed by atoms with E-state index in [1.807, 2.05) is 18.2 Å². The predicted molar refractivity (Wildman–Crippen MR) is 292 cm³/mol. The van der Waals surface area contributed by atoms with Gasteiger partial charge >= 0.3 is 0 Å². The maximum absolute atomic E-state index is 6.50. The first-order valence-corrected chi connectivity index (χ1v) is 24.1. The molecule has 0 bridgehead atoms. The van der Waals surface area contributed by atoms with Crippen molar-refractivity contribution >= 4 is 71.7 Å². The van der Waals surface area contributed by atoms with E-state index in [1.54, 1.807) is 0 Å². The van der Waals surface area contributed by atoms with Gasteiger partial charge in [0.05, 0.1) is 11.4 Å². The van der Waals surface area contributed by atoms with Crippen molar-refractivity contribution in [2.24, 2.45) is 0 Å². The average molecular weight is 892 g/mol. The highest BCUT2D eigenvalue weighted by Gasteiger charge is 2.25. The number of anilines is 3. The molecule has 0 saturated heterocycles. The molecule has 0 fully saturated rings. The van der Waals surface area contributed by atoms with Gasteiger partial charge in [0.2, 0.25) is 0 Å². The largest absolute Gasteiger partial charge is 0.456 e. The molecule has 0 unspecified atom stereocenters. The van der Waals surface area contributed by atoms with Crippen LogP contribution < -0.4 is 4.90 Å². The molecule has 12 aromatic rings. The van der Waals surface area contributed by atoms with Crippen LogP contribution in [0.1, 0.15) is 52.7 Å². The molecule has 0 amide bonds. The van der Waals surface area contributed by atoms with E-state index in [2.05, 4.69) is 241 Å². The smallest absolute Gasteiger partial charge is 0.136 e. The molecular formula is C66H53NO2. The molecule has 0 radical (unpaired) electrons. The molecule has 0 aliphatic rings. The minimum Gasteiger partial charge on any atom is -0.456 e. The summed E-state index contributed by atoms with van der Waals surface area (Å²) in [6, 6.07) is 77.2. The average Bonchev–Trinajstić information content (AvgIpc) is 3.94. The summed E-state index contributed by atoms with van der Waals surface area (Å²) in [6.45, 7) is 13.9. The van der Waals surface area contributed by atoms with E-state index in [4.69, 9.17) is 8.83 Å². The molecule has 3 nitrogen and oxygen atoms in total. The summed E-state index contributed by atoms with van der Waals surface area (Å²) in [5.41, 5.74) is 18.5. The van der Waals surface area contributed by atoms with Gasteiger partial charge in [-0.15, -0.1) is 0 Å². The SMILES string of the molecule is CC(C)(C)c1cc(-c2cccc3cccc(-c4ccccc4N(c4cccc(-c5cccc6oc7ccccc7c56)c4)c4ccccc4-c4ccc5c(c4)oc4ccccc45)c23)cc(C(C)(C)C)c1. The third kappa shape index (κ3) is 7.37. The normalized spacial score (nSPS) is 12.2. The molecular weight excluding hydrogens is 839 g/mol. The second-order valence-electron chi connectivity index (χ2n) is 20.5. The number of fused-ring (bicyclic) bond motifs is 7. The van der Waals surface area contributed by atoms with Gasteiger partial charge in [-0.3, -0.25) is 0 Å². The molecule has 0 N–H and O–H groups in total. The molecule has 0 spiro atoms. The van der Waals surface area contributed by atoms with Gasteiger partial charge in [-0.2, -0.15) is 0 Å². The van der Waals surface area contributed by atoms with Crippen LogP contribution in [0.3, 0.4) is 0 Å². The number of benzene rings is 10. The van der Waals surface area contributed by atoms with Crippen LogP contribution in [-0.4, -0.2) is 0 Å². The van der Waals surface area contributed by atoms with Gasteiger partial charge in [-0.25, -0.2) is 0 Å². The molecule has 0 saturated carbocycles. The minimum atomic E-state index is -0.0242. The zero-order valence-corrected chi connectivity index (χ0v) is 40.0. The Morgan fingerprint density at radius 1 is 0.319 bits per heavy atom. The fourth-order valence-electron chi connectivity index (χ4n) is 10.4. The molecule has 3 heteroatoms. The van der Waals surface area contributed by atoms with E-state index in [0.29, 0.717) is 0 Å². The third-order valence-electron chi connectivity index (χ3n) is 14.0. The number of nitrogens with zero attached hydrogens (tertiary/aromatic N) is 1. The van der Waals surface area contributed by atoms with Gasteiger partial charge in [-0.05, 0) is 121 Å². The fraction of sp³-hybridized carbons (Fsp3) is 0.121. The van der Waals surface area contributed by atoms with Crippen LogP contribution in [-0.2, 0) is 10.8 Å². The molecule has 10 aromatic carbocycles. The lowest BCUT2D eigenvalue weighted by atomic mass is 9.78. The van der Waals surface area contributed by atoms with Gasteiger partial charge in [0.25, 0.3) is 0 Å². The number of hydrogen-bond acceptors (Lipinski definition) is 3. The maximum Gasteiger partial charge on any atom is 0.136 e. The molecule has 334 valence electrons. The van der Waals surface area contributed by atoms with E-state index in [9.17, 15) is 0 Å². The molecule has 12 rings (SSSR count). The number of hydrogen-bond donors (Lipinski definition) is 0. The van der Waals surface area contributed by atoms with Crippen LogP contribution in [0.25, 0.3) is 99.2 Å². The van der Waals surface area contributed by atoms with Gasteiger partial charge in [-0.1, -0.05) is 199 Å². The van der Waals surface area contributed by atoms with Crippen LogP contribution in [0.2, 0.25) is 0 Å². The van der Waals surface area contributed by atoms with Crippen molar-refractivity contribution in [3.63, 3.8) is 0 Å². The summed E-state index contributed by atoms with van der Waals surface area (Å²) in [7, 11) is 0. The van der Waals surface area contributed by atoms with Crippen molar-refractivity contribution in [2.45, 2.75) is 52.4 Å². The first-order chi connectivity index (χ1) is 33.5. The fourth-order valence-corrected chi connectivity index (χ4v) is 10.4. The highest BCUT2D eigenvalue weighted by atomic mass is 16.3. The first-order valence-electron chi connectivity index (χ1n) is 24.1. The Labute approximate surface area is 403 Å². The molecule has 69 heavy (non-hydrogen) atoms. The molecule has 0 aliphatic carbocycles. The van der Waals surface area contributed by atoms with Gasteiger partial charge < -0.3 is 13.7 Å². The van der Waals surface area contributed by atoms with Crippen molar-refractivity contribution in [2.75, 3.05) is 4.90 Å². The van der Waals surface area contributed by atoms with Crippen LogP contribution in [0.4, 0.5) is 17.1 Å². The Bertz CT molecular complexity index is 3910. The lowest BCUT2D eigenvalue weighted by Gasteiger charge is -2.30. The molecule has 0 atom stereocenters. The second kappa shape index (κ2) is 16.3. The molecule has 2 heterocycles. The Hall–Kier alpha value is -8.14. The summed E-state index contributed by atoms with van der Waals surface area (Å²) in [5, 5.41) is 6.88. The lowest BCUT2D eigenvalue weighted by molar-refractivity contribution is 0.569. The van der Waals surface area contributed by atoms with Crippen LogP contribution in [0.5, 0.6) is 0 Å². The topological polar surface area (TPSA) is 29.5 Å². The van der Waals surface area contributed by atoms with E-state index in [-0.39, 0.29) is 10.8 Å². The zero-order chi connectivity index (χ0) is 47.0. The van der Waals surface area contributed by atoms with Crippen molar-refractivity contribution in [3.05, 3.63) is 223 Å². The quantitative estimate of drug-likeness (QED) is 0.160. The monoisotopic (exact) mass is 891 g/mol. The predicted octanol–water partition coefficient (Wildman–Crippen LogP) is 19.4. The van der Waals surface area contributed by atoms with Crippen molar-refractivity contribution in [1.82, 2.24) is 0 Å². The van der Waals surface area contributed by atoms with Crippen molar-refractivity contribution < 1.29 is 8.83 Å². The van der Waals surface area contributed by atoms with Gasteiger partial charge in [0, 0.05) is 38.4 Å². The van der Waals surface area contributed by atoms with Crippen LogP contribution in [0.15, 0.2) is 221 Å². The van der Waals surface area contributed by atoms with Crippen LogP contribution in [0, 0.1) is 0 Å². The Morgan fingerprint density at radius 3 is 1.55 bits per heavy atom. The summed E-state index contributed by atoms with van der Waals surface area (Å²) in [4.78, 5) is 2.46. The third-order valence-corrected chi connectivity index (χ3v) is 14.0. The summed E-state index contributed by atoms with van der Waals surface area (Å²) in [6.07, 6.45) is 0. The van der Waals surface area contributed by atoms with Gasteiger partial charge in [0.1, 0.15) is 22.3 Å². The van der Waals surface area contributed by atoms with Crippen LogP contribution >= 0.6 is 0 Å².